The van der Waals surface area contributed by atoms with E-state index in [1.54, 1.807) is 13.0 Å². The Morgan fingerprint density at radius 2 is 2.06 bits per heavy atom. The van der Waals surface area contributed by atoms with E-state index in [1.807, 2.05) is 6.07 Å². The average Bonchev–Trinajstić information content (AvgIpc) is 2.31. The maximum absolute atomic E-state index is 13.5. The maximum Gasteiger partial charge on any atom is 0.167 e. The van der Waals surface area contributed by atoms with Gasteiger partial charge in [0.05, 0.1) is 0 Å². The smallest absolute Gasteiger partial charge is 0.167 e. The minimum Gasteiger partial charge on any atom is -0.505 e. The van der Waals surface area contributed by atoms with E-state index in [2.05, 4.69) is 5.32 Å². The molecule has 1 aliphatic rings. The van der Waals surface area contributed by atoms with E-state index in [-0.39, 0.29) is 5.75 Å². The number of rotatable bonds is 2. The largest absolute Gasteiger partial charge is 0.505 e. The van der Waals surface area contributed by atoms with Crippen LogP contribution in [0.15, 0.2) is 12.1 Å². The van der Waals surface area contributed by atoms with Crippen LogP contribution in [0.5, 0.6) is 5.75 Å². The van der Waals surface area contributed by atoms with Gasteiger partial charge in [-0.1, -0.05) is 12.1 Å². The van der Waals surface area contributed by atoms with Crippen molar-refractivity contribution in [3.8, 4) is 5.75 Å². The summed E-state index contributed by atoms with van der Waals surface area (Å²) in [5.74, 6) is -0.0563. The summed E-state index contributed by atoms with van der Waals surface area (Å²) in [6.45, 7) is 3.73. The zero-order valence-electron chi connectivity index (χ0n) is 9.59. The van der Waals surface area contributed by atoms with Crippen molar-refractivity contribution in [3.05, 3.63) is 29.1 Å². The van der Waals surface area contributed by atoms with Crippen molar-refractivity contribution in [1.29, 1.82) is 0 Å². The van der Waals surface area contributed by atoms with Crippen LogP contribution in [-0.2, 0) is 6.42 Å². The Morgan fingerprint density at radius 1 is 1.38 bits per heavy atom. The second-order valence-corrected chi connectivity index (χ2v) is 4.60. The maximum atomic E-state index is 13.5. The van der Waals surface area contributed by atoms with Crippen LogP contribution in [0.25, 0.3) is 0 Å². The van der Waals surface area contributed by atoms with Gasteiger partial charge in [-0.15, -0.1) is 0 Å². The van der Waals surface area contributed by atoms with Crippen LogP contribution in [0.3, 0.4) is 0 Å². The first-order valence-corrected chi connectivity index (χ1v) is 5.86. The fourth-order valence-corrected chi connectivity index (χ4v) is 2.27. The molecule has 2 N–H and O–H groups in total. The van der Waals surface area contributed by atoms with Gasteiger partial charge in [0.1, 0.15) is 0 Å². The third kappa shape index (κ3) is 2.35. The van der Waals surface area contributed by atoms with Crippen molar-refractivity contribution >= 4 is 0 Å². The standard InChI is InChI=1S/C13H18FNO/c1-9-2-3-11(13(16)12(9)14)8-10-4-6-15-7-5-10/h2-3,10,15-16H,4-8H2,1H3. The summed E-state index contributed by atoms with van der Waals surface area (Å²) < 4.78 is 13.5. The van der Waals surface area contributed by atoms with E-state index in [9.17, 15) is 9.50 Å². The van der Waals surface area contributed by atoms with Gasteiger partial charge in [0, 0.05) is 0 Å². The number of hydrogen-bond donors (Lipinski definition) is 2. The number of aryl methyl sites for hydroxylation is 1. The summed E-state index contributed by atoms with van der Waals surface area (Å²) in [4.78, 5) is 0. The predicted molar refractivity (Wildman–Crippen MR) is 62.1 cm³/mol. The monoisotopic (exact) mass is 223 g/mol. The summed E-state index contributed by atoms with van der Waals surface area (Å²) in [5.41, 5.74) is 1.25. The molecule has 1 saturated heterocycles. The van der Waals surface area contributed by atoms with Crippen LogP contribution in [-0.4, -0.2) is 18.2 Å². The second-order valence-electron chi connectivity index (χ2n) is 4.60. The van der Waals surface area contributed by atoms with Crippen molar-refractivity contribution in [2.24, 2.45) is 5.92 Å². The lowest BCUT2D eigenvalue weighted by molar-refractivity contribution is 0.362. The fourth-order valence-electron chi connectivity index (χ4n) is 2.27. The first-order valence-electron chi connectivity index (χ1n) is 5.86. The second kappa shape index (κ2) is 4.83. The third-order valence-electron chi connectivity index (χ3n) is 3.36. The molecule has 0 radical (unpaired) electrons. The summed E-state index contributed by atoms with van der Waals surface area (Å²) in [6.07, 6.45) is 2.99. The summed E-state index contributed by atoms with van der Waals surface area (Å²) in [5, 5.41) is 13.0. The zero-order valence-corrected chi connectivity index (χ0v) is 9.59. The van der Waals surface area contributed by atoms with E-state index < -0.39 is 5.82 Å². The van der Waals surface area contributed by atoms with Crippen molar-refractivity contribution in [2.45, 2.75) is 26.2 Å². The van der Waals surface area contributed by atoms with Crippen LogP contribution < -0.4 is 5.32 Å². The van der Waals surface area contributed by atoms with E-state index in [4.69, 9.17) is 0 Å². The molecule has 0 unspecified atom stereocenters. The van der Waals surface area contributed by atoms with Gasteiger partial charge in [0.2, 0.25) is 0 Å². The van der Waals surface area contributed by atoms with Crippen LogP contribution in [0, 0.1) is 18.7 Å². The highest BCUT2D eigenvalue weighted by Crippen LogP contribution is 2.28. The molecule has 1 fully saturated rings. The Kier molecular flexibility index (Phi) is 3.44. The number of phenolic OH excluding ortho intramolecular Hbond substituents is 1. The molecule has 2 nitrogen and oxygen atoms in total. The van der Waals surface area contributed by atoms with E-state index >= 15 is 0 Å². The van der Waals surface area contributed by atoms with Gasteiger partial charge >= 0.3 is 0 Å². The summed E-state index contributed by atoms with van der Waals surface area (Å²) in [7, 11) is 0. The highest BCUT2D eigenvalue weighted by atomic mass is 19.1. The SMILES string of the molecule is Cc1ccc(CC2CCNCC2)c(O)c1F. The Morgan fingerprint density at radius 3 is 2.75 bits per heavy atom. The van der Waals surface area contributed by atoms with Crippen molar-refractivity contribution in [1.82, 2.24) is 5.32 Å². The lowest BCUT2D eigenvalue weighted by atomic mass is 9.90. The molecular weight excluding hydrogens is 205 g/mol. The third-order valence-corrected chi connectivity index (χ3v) is 3.36. The van der Waals surface area contributed by atoms with Gasteiger partial charge in [-0.3, -0.25) is 0 Å². The van der Waals surface area contributed by atoms with Gasteiger partial charge in [0.15, 0.2) is 11.6 Å². The molecule has 0 aliphatic carbocycles. The Hall–Kier alpha value is -1.09. The predicted octanol–water partition coefficient (Wildman–Crippen LogP) is 2.38. The number of halogens is 1. The molecular formula is C13H18FNO. The minimum atomic E-state index is -0.466. The van der Waals surface area contributed by atoms with Gasteiger partial charge < -0.3 is 10.4 Å². The molecule has 1 heterocycles. The van der Waals surface area contributed by atoms with Crippen LogP contribution in [0.1, 0.15) is 24.0 Å². The molecule has 0 aromatic heterocycles. The van der Waals surface area contributed by atoms with Crippen LogP contribution in [0.4, 0.5) is 4.39 Å². The molecule has 3 heteroatoms. The van der Waals surface area contributed by atoms with Crippen molar-refractivity contribution in [2.75, 3.05) is 13.1 Å². The molecule has 0 spiro atoms. The first-order chi connectivity index (χ1) is 7.68. The van der Waals surface area contributed by atoms with Gasteiger partial charge in [-0.2, -0.15) is 0 Å². The zero-order chi connectivity index (χ0) is 11.5. The summed E-state index contributed by atoms with van der Waals surface area (Å²) >= 11 is 0. The summed E-state index contributed by atoms with van der Waals surface area (Å²) in [6, 6.07) is 3.58. The molecule has 88 valence electrons. The van der Waals surface area contributed by atoms with E-state index in [0.29, 0.717) is 11.5 Å². The molecule has 0 atom stereocenters. The highest BCUT2D eigenvalue weighted by Gasteiger charge is 2.17. The number of phenols is 1. The van der Waals surface area contributed by atoms with Crippen molar-refractivity contribution in [3.63, 3.8) is 0 Å². The lowest BCUT2D eigenvalue weighted by Crippen LogP contribution is -2.28. The van der Waals surface area contributed by atoms with E-state index in [0.717, 1.165) is 37.9 Å². The Labute approximate surface area is 95.5 Å². The topological polar surface area (TPSA) is 32.3 Å². The molecule has 16 heavy (non-hydrogen) atoms. The quantitative estimate of drug-likeness (QED) is 0.806. The average molecular weight is 223 g/mol. The minimum absolute atomic E-state index is 0.154. The molecule has 1 aliphatic heterocycles. The van der Waals surface area contributed by atoms with Gasteiger partial charge in [-0.25, -0.2) is 4.39 Å². The molecule has 0 bridgehead atoms. The number of hydrogen-bond acceptors (Lipinski definition) is 2. The first kappa shape index (κ1) is 11.4. The Bertz CT molecular complexity index is 372. The molecule has 1 aromatic carbocycles. The number of aromatic hydroxyl groups is 1. The number of piperidine rings is 1. The molecule has 0 amide bonds. The van der Waals surface area contributed by atoms with Crippen molar-refractivity contribution < 1.29 is 9.50 Å². The molecule has 1 aromatic rings. The Balaban J connectivity index is 2.11. The van der Waals surface area contributed by atoms with E-state index in [1.165, 1.54) is 0 Å². The van der Waals surface area contributed by atoms with Crippen LogP contribution >= 0.6 is 0 Å². The normalized spacial score (nSPS) is 17.6. The lowest BCUT2D eigenvalue weighted by Gasteiger charge is -2.23. The molecule has 0 saturated carbocycles. The van der Waals surface area contributed by atoms with Gasteiger partial charge in [-0.05, 0) is 56.3 Å². The number of nitrogens with one attached hydrogen (secondary N) is 1. The highest BCUT2D eigenvalue weighted by molar-refractivity contribution is 5.38. The number of benzene rings is 1. The van der Waals surface area contributed by atoms with Gasteiger partial charge in [0.25, 0.3) is 0 Å². The molecule has 2 rings (SSSR count). The van der Waals surface area contributed by atoms with Crippen LogP contribution in [0.2, 0.25) is 0 Å². The fraction of sp³-hybridized carbons (Fsp3) is 0.538.